The largest absolute Gasteiger partial charge is 0.326 e. The number of hydrogen-bond donors (Lipinski definition) is 2. The van der Waals surface area contributed by atoms with Gasteiger partial charge in [-0.25, -0.2) is 0 Å². The number of nitrogens with one attached hydrogen (secondary N) is 2. The first kappa shape index (κ1) is 17.0. The number of amides is 2. The van der Waals surface area contributed by atoms with Crippen molar-refractivity contribution in [3.8, 4) is 0 Å². The fourth-order valence-corrected chi connectivity index (χ4v) is 4.06. The van der Waals surface area contributed by atoms with Crippen molar-refractivity contribution in [2.45, 2.75) is 39.0 Å². The number of fused-ring (bicyclic) bond motifs is 1. The molecule has 5 nitrogen and oxygen atoms in total. The Morgan fingerprint density at radius 1 is 1.00 bits per heavy atom. The van der Waals surface area contributed by atoms with E-state index in [-0.39, 0.29) is 11.8 Å². The van der Waals surface area contributed by atoms with Crippen LogP contribution in [0.4, 0.5) is 11.4 Å². The van der Waals surface area contributed by atoms with Crippen LogP contribution in [0.25, 0.3) is 0 Å². The maximum absolute atomic E-state index is 12.3. The lowest BCUT2D eigenvalue weighted by molar-refractivity contribution is -0.118. The molecule has 1 saturated heterocycles. The van der Waals surface area contributed by atoms with Crippen LogP contribution < -0.4 is 10.6 Å². The first-order chi connectivity index (χ1) is 11.6. The van der Waals surface area contributed by atoms with Gasteiger partial charge in [-0.05, 0) is 55.5 Å². The fourth-order valence-electron chi connectivity index (χ4n) is 4.06. The Balaban J connectivity index is 1.47. The third-order valence-electron chi connectivity index (χ3n) is 5.23. The lowest BCUT2D eigenvalue weighted by Crippen LogP contribution is -2.44. The van der Waals surface area contributed by atoms with Crippen molar-refractivity contribution in [2.24, 2.45) is 11.8 Å². The van der Waals surface area contributed by atoms with Crippen molar-refractivity contribution < 1.29 is 9.59 Å². The zero-order valence-corrected chi connectivity index (χ0v) is 14.4. The van der Waals surface area contributed by atoms with Crippen LogP contribution in [0, 0.1) is 11.8 Å². The number of likely N-dealkylation sites (tertiary alicyclic amines) is 1. The van der Waals surface area contributed by atoms with Crippen molar-refractivity contribution in [2.75, 3.05) is 30.3 Å². The van der Waals surface area contributed by atoms with Crippen molar-refractivity contribution in [1.29, 1.82) is 0 Å². The van der Waals surface area contributed by atoms with E-state index in [9.17, 15) is 9.59 Å². The molecule has 2 amide bonds. The van der Waals surface area contributed by atoms with Gasteiger partial charge in [0.05, 0.1) is 6.54 Å². The Morgan fingerprint density at radius 2 is 1.62 bits per heavy atom. The maximum atomic E-state index is 12.3. The van der Waals surface area contributed by atoms with Crippen molar-refractivity contribution in [1.82, 2.24) is 4.90 Å². The van der Waals surface area contributed by atoms with Crippen LogP contribution in [-0.4, -0.2) is 36.3 Å². The molecule has 2 fully saturated rings. The number of rotatable bonds is 4. The molecule has 0 unspecified atom stereocenters. The van der Waals surface area contributed by atoms with Crippen LogP contribution in [-0.2, 0) is 9.59 Å². The van der Waals surface area contributed by atoms with E-state index in [4.69, 9.17) is 0 Å². The second-order valence-electron chi connectivity index (χ2n) is 7.14. The summed E-state index contributed by atoms with van der Waals surface area (Å²) < 4.78 is 0. The molecule has 1 aromatic rings. The third kappa shape index (κ3) is 4.57. The van der Waals surface area contributed by atoms with Gasteiger partial charge < -0.3 is 10.6 Å². The van der Waals surface area contributed by atoms with Crippen LogP contribution in [0.1, 0.15) is 39.0 Å². The van der Waals surface area contributed by atoms with Crippen molar-refractivity contribution in [3.05, 3.63) is 24.3 Å². The molecule has 0 spiro atoms. The maximum Gasteiger partial charge on any atom is 0.238 e. The number of hydrogen-bond acceptors (Lipinski definition) is 3. The molecule has 0 radical (unpaired) electrons. The summed E-state index contributed by atoms with van der Waals surface area (Å²) in [7, 11) is 0. The minimum atomic E-state index is -0.0992. The van der Waals surface area contributed by atoms with Crippen molar-refractivity contribution >= 4 is 23.2 Å². The van der Waals surface area contributed by atoms with Gasteiger partial charge in [0.2, 0.25) is 11.8 Å². The number of carbonyl (C=O) groups is 2. The third-order valence-corrected chi connectivity index (χ3v) is 5.23. The summed E-state index contributed by atoms with van der Waals surface area (Å²) in [6, 6.07) is 7.22. The molecule has 1 heterocycles. The Labute approximate surface area is 143 Å². The summed E-state index contributed by atoms with van der Waals surface area (Å²) >= 11 is 0. The topological polar surface area (TPSA) is 61.4 Å². The second kappa shape index (κ2) is 7.79. The van der Waals surface area contributed by atoms with Gasteiger partial charge in [-0.3, -0.25) is 14.5 Å². The van der Waals surface area contributed by atoms with Gasteiger partial charge in [0.1, 0.15) is 0 Å². The Bertz CT molecular complexity index is 585. The first-order valence-corrected chi connectivity index (χ1v) is 9.00. The summed E-state index contributed by atoms with van der Waals surface area (Å²) in [6.45, 7) is 4.05. The molecular weight excluding hydrogens is 302 g/mol. The van der Waals surface area contributed by atoms with Gasteiger partial charge in [-0.1, -0.05) is 19.3 Å². The van der Waals surface area contributed by atoms with E-state index in [1.165, 1.54) is 39.0 Å². The molecule has 1 aliphatic heterocycles. The summed E-state index contributed by atoms with van der Waals surface area (Å²) in [5.74, 6) is 1.62. The molecule has 1 aromatic carbocycles. The zero-order valence-electron chi connectivity index (χ0n) is 14.4. The van der Waals surface area contributed by atoms with Crippen LogP contribution in [0.3, 0.4) is 0 Å². The number of anilines is 2. The lowest BCUT2D eigenvalue weighted by Gasteiger charge is -2.41. The summed E-state index contributed by atoms with van der Waals surface area (Å²) in [5, 5.41) is 5.67. The first-order valence-electron chi connectivity index (χ1n) is 9.00. The van der Waals surface area contributed by atoms with E-state index in [0.717, 1.165) is 36.3 Å². The number of benzene rings is 1. The quantitative estimate of drug-likeness (QED) is 0.892. The zero-order chi connectivity index (χ0) is 16.9. The molecule has 2 atom stereocenters. The number of carbonyl (C=O) groups excluding carboxylic acids is 2. The molecule has 0 aromatic heterocycles. The molecule has 1 saturated carbocycles. The molecule has 0 bridgehead atoms. The molecule has 3 rings (SSSR count). The molecule has 24 heavy (non-hydrogen) atoms. The SMILES string of the molecule is CC(=O)Nc1ccc(NC(=O)CN2CC[C@@H]3CCCC[C@H]3C2)cc1. The monoisotopic (exact) mass is 329 g/mol. The lowest BCUT2D eigenvalue weighted by atomic mass is 9.75. The highest BCUT2D eigenvalue weighted by molar-refractivity contribution is 5.93. The second-order valence-corrected chi connectivity index (χ2v) is 7.14. The van der Waals surface area contributed by atoms with Crippen LogP contribution >= 0.6 is 0 Å². The van der Waals surface area contributed by atoms with E-state index in [1.54, 1.807) is 12.1 Å². The van der Waals surface area contributed by atoms with Crippen molar-refractivity contribution in [3.63, 3.8) is 0 Å². The minimum absolute atomic E-state index is 0.0385. The Kier molecular flexibility index (Phi) is 5.51. The summed E-state index contributed by atoms with van der Waals surface area (Å²) in [6.07, 6.45) is 6.68. The van der Waals surface area contributed by atoms with E-state index >= 15 is 0 Å². The summed E-state index contributed by atoms with van der Waals surface area (Å²) in [4.78, 5) is 25.6. The van der Waals surface area contributed by atoms with Gasteiger partial charge in [0.25, 0.3) is 0 Å². The molecular formula is C19H27N3O2. The normalized spacial score (nSPS) is 24.0. The van der Waals surface area contributed by atoms with Gasteiger partial charge >= 0.3 is 0 Å². The number of nitrogens with zero attached hydrogens (tertiary/aromatic N) is 1. The highest BCUT2D eigenvalue weighted by Crippen LogP contribution is 2.35. The highest BCUT2D eigenvalue weighted by atomic mass is 16.2. The Hall–Kier alpha value is -1.88. The predicted octanol–water partition coefficient (Wildman–Crippen LogP) is 3.10. The predicted molar refractivity (Wildman–Crippen MR) is 95.9 cm³/mol. The average Bonchev–Trinajstić information content (AvgIpc) is 2.56. The van der Waals surface area contributed by atoms with Crippen LogP contribution in [0.15, 0.2) is 24.3 Å². The minimum Gasteiger partial charge on any atom is -0.326 e. The fraction of sp³-hybridized carbons (Fsp3) is 0.579. The van der Waals surface area contributed by atoms with Gasteiger partial charge in [-0.2, -0.15) is 0 Å². The van der Waals surface area contributed by atoms with Crippen LogP contribution in [0.5, 0.6) is 0 Å². The Morgan fingerprint density at radius 3 is 2.29 bits per heavy atom. The smallest absolute Gasteiger partial charge is 0.238 e. The summed E-state index contributed by atoms with van der Waals surface area (Å²) in [5.41, 5.74) is 1.50. The molecule has 5 heteroatoms. The molecule has 2 N–H and O–H groups in total. The van der Waals surface area contributed by atoms with Gasteiger partial charge in [0.15, 0.2) is 0 Å². The van der Waals surface area contributed by atoms with Gasteiger partial charge in [-0.15, -0.1) is 0 Å². The molecule has 2 aliphatic rings. The highest BCUT2D eigenvalue weighted by Gasteiger charge is 2.31. The van der Waals surface area contributed by atoms with Gasteiger partial charge in [0, 0.05) is 24.8 Å². The standard InChI is InChI=1S/C19H27N3O2/c1-14(23)20-17-6-8-18(9-7-17)21-19(24)13-22-11-10-15-4-2-3-5-16(15)12-22/h6-9,15-16H,2-5,10-13H2,1H3,(H,20,23)(H,21,24)/t15-,16-/m0/s1. The van der Waals surface area contributed by atoms with E-state index in [2.05, 4.69) is 15.5 Å². The number of piperidine rings is 1. The van der Waals surface area contributed by atoms with E-state index in [0.29, 0.717) is 6.54 Å². The molecule has 1 aliphatic carbocycles. The van der Waals surface area contributed by atoms with E-state index in [1.807, 2.05) is 12.1 Å². The average molecular weight is 329 g/mol. The van der Waals surface area contributed by atoms with Crippen LogP contribution in [0.2, 0.25) is 0 Å². The van der Waals surface area contributed by atoms with E-state index < -0.39 is 0 Å². The molecule has 130 valence electrons.